The molecule has 6 heteroatoms. The lowest BCUT2D eigenvalue weighted by Crippen LogP contribution is -2.68. The van der Waals surface area contributed by atoms with Crippen LogP contribution < -0.4 is 9.47 Å². The minimum Gasteiger partial charge on any atom is -0.487 e. The lowest BCUT2D eigenvalue weighted by Gasteiger charge is -2.59. The summed E-state index contributed by atoms with van der Waals surface area (Å²) in [6.45, 7) is 6.56. The third-order valence-electron chi connectivity index (χ3n) is 9.46. The molecule has 2 aliphatic carbocycles. The minimum absolute atomic E-state index is 0.0719. The number of hydrogen-bond acceptors (Lipinski definition) is 5. The number of carbonyl (C=O) groups is 2. The van der Waals surface area contributed by atoms with Gasteiger partial charge in [-0.3, -0.25) is 9.59 Å². The molecule has 2 aliphatic heterocycles. The summed E-state index contributed by atoms with van der Waals surface area (Å²) in [5, 5.41) is 0. The Bertz CT molecular complexity index is 1370. The summed E-state index contributed by atoms with van der Waals surface area (Å²) in [4.78, 5) is 29.5. The molecule has 1 spiro atoms. The summed E-state index contributed by atoms with van der Waals surface area (Å²) in [6.07, 6.45) is 3.59. The van der Waals surface area contributed by atoms with Crippen LogP contribution in [-0.2, 0) is 21.4 Å². The number of likely N-dealkylation sites (N-methyl/N-ethyl adjacent to an activating group) is 2. The molecule has 0 aromatic heterocycles. The molecule has 2 bridgehead atoms. The van der Waals surface area contributed by atoms with Crippen LogP contribution >= 0.6 is 0 Å². The molecule has 2 aromatic carbocycles. The average Bonchev–Trinajstić information content (AvgIpc) is 3.20. The van der Waals surface area contributed by atoms with E-state index in [-0.39, 0.29) is 29.4 Å². The molecular formula is C31H34N2O4. The van der Waals surface area contributed by atoms with Crippen LogP contribution in [0, 0.1) is 31.6 Å². The molecule has 6 nitrogen and oxygen atoms in total. The van der Waals surface area contributed by atoms with Crippen molar-refractivity contribution < 1.29 is 19.1 Å². The molecule has 192 valence electrons. The van der Waals surface area contributed by atoms with Crippen molar-refractivity contribution in [2.24, 2.45) is 5.92 Å². The van der Waals surface area contributed by atoms with Crippen molar-refractivity contribution in [1.82, 2.24) is 9.80 Å². The maximum Gasteiger partial charge on any atom is 0.308 e. The van der Waals surface area contributed by atoms with Gasteiger partial charge in [0.15, 0.2) is 0 Å². The Labute approximate surface area is 218 Å². The zero-order valence-corrected chi connectivity index (χ0v) is 22.3. The van der Waals surface area contributed by atoms with E-state index in [0.717, 1.165) is 49.1 Å². The van der Waals surface area contributed by atoms with E-state index in [0.29, 0.717) is 17.7 Å². The predicted molar refractivity (Wildman–Crippen MR) is 141 cm³/mol. The summed E-state index contributed by atoms with van der Waals surface area (Å²) in [6, 6.07) is 10.2. The van der Waals surface area contributed by atoms with Crippen LogP contribution in [0.15, 0.2) is 30.3 Å². The van der Waals surface area contributed by atoms with Gasteiger partial charge in [-0.2, -0.15) is 0 Å². The first-order valence-corrected chi connectivity index (χ1v) is 13.3. The molecule has 6 rings (SSSR count). The maximum atomic E-state index is 13.3. The van der Waals surface area contributed by atoms with Crippen molar-refractivity contribution in [2.75, 3.05) is 20.6 Å². The zero-order valence-electron chi connectivity index (χ0n) is 22.3. The van der Waals surface area contributed by atoms with Gasteiger partial charge in [0.2, 0.25) is 0 Å². The van der Waals surface area contributed by atoms with Gasteiger partial charge in [-0.15, -0.1) is 0 Å². The number of hydrogen-bond donors (Lipinski definition) is 0. The van der Waals surface area contributed by atoms with Gasteiger partial charge in [0.1, 0.15) is 17.6 Å². The van der Waals surface area contributed by atoms with Gasteiger partial charge in [-0.05, 0) is 94.4 Å². The summed E-state index contributed by atoms with van der Waals surface area (Å²) in [5.41, 5.74) is 5.37. The molecule has 1 saturated heterocycles. The van der Waals surface area contributed by atoms with E-state index >= 15 is 0 Å². The standard InChI is InChI=1S/C31H34N2O4/c1-18-6-7-21(16-19(18)2)8-13-28(35)33(5)24-10-9-23-25-17-22-26(36-20(3)34)11-12-27-29(22)31(23,30(24)37-27)14-15-32(25)4/h6-7,11-12,16,23-25,30H,9-10,14-15,17H2,1-5H3/t23-,24-,25+,30-,31-/m0/s1. The van der Waals surface area contributed by atoms with Gasteiger partial charge < -0.3 is 19.3 Å². The topological polar surface area (TPSA) is 59.1 Å². The van der Waals surface area contributed by atoms with E-state index in [4.69, 9.17) is 9.47 Å². The molecule has 2 heterocycles. The van der Waals surface area contributed by atoms with Crippen molar-refractivity contribution >= 4 is 11.9 Å². The Balaban J connectivity index is 1.36. The number of nitrogens with zero attached hydrogens (tertiary/aromatic N) is 2. The van der Waals surface area contributed by atoms with Gasteiger partial charge in [-0.25, -0.2) is 0 Å². The highest BCUT2D eigenvalue weighted by molar-refractivity contribution is 5.94. The van der Waals surface area contributed by atoms with Crippen molar-refractivity contribution in [3.05, 3.63) is 58.1 Å². The number of likely N-dealkylation sites (tertiary alicyclic amines) is 1. The van der Waals surface area contributed by atoms with E-state index in [2.05, 4.69) is 37.6 Å². The third-order valence-corrected chi connectivity index (χ3v) is 9.46. The maximum absolute atomic E-state index is 13.3. The van der Waals surface area contributed by atoms with Crippen LogP contribution in [0.3, 0.4) is 0 Å². The summed E-state index contributed by atoms with van der Waals surface area (Å²) in [7, 11) is 4.07. The highest BCUT2D eigenvalue weighted by Gasteiger charge is 2.66. The normalized spacial score (nSPS) is 28.9. The highest BCUT2D eigenvalue weighted by atomic mass is 16.5. The second-order valence-corrected chi connectivity index (χ2v) is 11.3. The number of esters is 1. The molecule has 37 heavy (non-hydrogen) atoms. The molecular weight excluding hydrogens is 464 g/mol. The van der Waals surface area contributed by atoms with Crippen molar-refractivity contribution in [3.63, 3.8) is 0 Å². The first kappa shape index (κ1) is 24.1. The molecule has 4 aliphatic rings. The molecule has 1 amide bonds. The van der Waals surface area contributed by atoms with E-state index in [9.17, 15) is 9.59 Å². The number of rotatable bonds is 2. The Morgan fingerprint density at radius 2 is 1.97 bits per heavy atom. The largest absolute Gasteiger partial charge is 0.487 e. The molecule has 0 radical (unpaired) electrons. The van der Waals surface area contributed by atoms with Crippen molar-refractivity contribution in [2.45, 2.75) is 70.1 Å². The van der Waals surface area contributed by atoms with Gasteiger partial charge in [0, 0.05) is 48.0 Å². The molecule has 1 saturated carbocycles. The van der Waals surface area contributed by atoms with Crippen LogP contribution in [0.5, 0.6) is 11.5 Å². The lowest BCUT2D eigenvalue weighted by atomic mass is 9.51. The first-order valence-electron chi connectivity index (χ1n) is 13.3. The van der Waals surface area contributed by atoms with Crippen LogP contribution in [0.2, 0.25) is 0 Å². The number of benzene rings is 2. The third kappa shape index (κ3) is 3.59. The van der Waals surface area contributed by atoms with Crippen molar-refractivity contribution in [3.8, 4) is 23.3 Å². The van der Waals surface area contributed by atoms with E-state index in [1.54, 1.807) is 0 Å². The minimum atomic E-state index is -0.306. The molecule has 0 N–H and O–H groups in total. The fourth-order valence-corrected chi connectivity index (χ4v) is 7.54. The number of amides is 1. The van der Waals surface area contributed by atoms with Gasteiger partial charge in [0.05, 0.1) is 6.04 Å². The molecule has 0 unspecified atom stereocenters. The van der Waals surface area contributed by atoms with Gasteiger partial charge in [-0.1, -0.05) is 12.0 Å². The number of piperidine rings is 1. The SMILES string of the molecule is CC(=O)Oc1ccc2c3c1C[C@@H]1[C@@H]4CC[C@H](N(C)C(=O)C#Cc5ccc(C)c(C)c5)[C@H](O2)[C@]34CCN1C. The Morgan fingerprint density at radius 1 is 1.16 bits per heavy atom. The fraction of sp³-hybridized carbons (Fsp3) is 0.484. The highest BCUT2D eigenvalue weighted by Crippen LogP contribution is 2.63. The monoisotopic (exact) mass is 498 g/mol. The molecule has 2 fully saturated rings. The Hall–Kier alpha value is -3.30. The van der Waals surface area contributed by atoms with Crippen LogP contribution in [0.4, 0.5) is 0 Å². The number of carbonyl (C=O) groups excluding carboxylic acids is 2. The van der Waals surface area contributed by atoms with E-state index in [1.165, 1.54) is 23.6 Å². The van der Waals surface area contributed by atoms with Crippen LogP contribution in [0.25, 0.3) is 0 Å². The quantitative estimate of drug-likeness (QED) is 0.358. The molecule has 2 aromatic rings. The second kappa shape index (κ2) is 8.63. The predicted octanol–water partition coefficient (Wildman–Crippen LogP) is 3.78. The molecule has 5 atom stereocenters. The number of ether oxygens (including phenoxy) is 2. The number of aryl methyl sites for hydroxylation is 2. The van der Waals surface area contributed by atoms with Crippen LogP contribution in [0.1, 0.15) is 54.0 Å². The summed E-state index contributed by atoms with van der Waals surface area (Å²) in [5.74, 6) is 7.46. The van der Waals surface area contributed by atoms with Gasteiger partial charge >= 0.3 is 5.97 Å². The Kier molecular flexibility index (Phi) is 5.61. The van der Waals surface area contributed by atoms with Crippen molar-refractivity contribution in [1.29, 1.82) is 0 Å². The van der Waals surface area contributed by atoms with E-state index < -0.39 is 0 Å². The van der Waals surface area contributed by atoms with Gasteiger partial charge in [0.25, 0.3) is 5.91 Å². The Morgan fingerprint density at radius 3 is 2.73 bits per heavy atom. The smallest absolute Gasteiger partial charge is 0.308 e. The summed E-state index contributed by atoms with van der Waals surface area (Å²) < 4.78 is 12.4. The summed E-state index contributed by atoms with van der Waals surface area (Å²) >= 11 is 0. The van der Waals surface area contributed by atoms with E-state index in [1.807, 2.05) is 42.3 Å². The first-order chi connectivity index (χ1) is 17.7. The second-order valence-electron chi connectivity index (χ2n) is 11.3. The average molecular weight is 499 g/mol. The zero-order chi connectivity index (χ0) is 26.1. The fourth-order valence-electron chi connectivity index (χ4n) is 7.54. The van der Waals surface area contributed by atoms with Crippen LogP contribution in [-0.4, -0.2) is 60.5 Å². The lowest BCUT2D eigenvalue weighted by molar-refractivity contribution is -0.134.